The Balaban J connectivity index is 1.99. The molecule has 0 spiro atoms. The molecule has 0 amide bonds. The van der Waals surface area contributed by atoms with Crippen LogP contribution in [0.25, 0.3) is 0 Å². The van der Waals surface area contributed by atoms with Gasteiger partial charge in [0.25, 0.3) is 0 Å². The summed E-state index contributed by atoms with van der Waals surface area (Å²) in [7, 11) is -1.65. The van der Waals surface area contributed by atoms with E-state index in [1.807, 2.05) is 18.2 Å². The number of halogens is 1. The fourth-order valence-corrected chi connectivity index (χ4v) is 3.99. The van der Waals surface area contributed by atoms with Crippen molar-refractivity contribution in [1.82, 2.24) is 9.62 Å². The van der Waals surface area contributed by atoms with Gasteiger partial charge in [0, 0.05) is 24.7 Å². The number of benzene rings is 1. The summed E-state index contributed by atoms with van der Waals surface area (Å²) in [6, 6.07) is 7.41. The molecule has 1 saturated heterocycles. The molecular weight excluding hydrogens is 296 g/mol. The highest BCUT2D eigenvalue weighted by Gasteiger charge is 2.25. The molecular formula is C14H21ClN2O2S. The summed E-state index contributed by atoms with van der Waals surface area (Å²) in [4.78, 5) is 0. The minimum absolute atomic E-state index is 0.0717. The van der Waals surface area contributed by atoms with Gasteiger partial charge >= 0.3 is 0 Å². The highest BCUT2D eigenvalue weighted by Crippen LogP contribution is 2.19. The Morgan fingerprint density at radius 3 is 2.75 bits per heavy atom. The van der Waals surface area contributed by atoms with Crippen molar-refractivity contribution in [1.29, 1.82) is 0 Å². The average molecular weight is 317 g/mol. The van der Waals surface area contributed by atoms with E-state index in [9.17, 15) is 8.42 Å². The minimum Gasteiger partial charge on any atom is -0.313 e. The molecule has 0 radical (unpaired) electrons. The number of sulfonamides is 1. The molecule has 1 aromatic carbocycles. The van der Waals surface area contributed by atoms with Crippen molar-refractivity contribution < 1.29 is 8.42 Å². The lowest BCUT2D eigenvalue weighted by Gasteiger charge is -2.26. The molecule has 2 rings (SSSR count). The van der Waals surface area contributed by atoms with E-state index < -0.39 is 10.0 Å². The fourth-order valence-electron chi connectivity index (χ4n) is 2.41. The van der Waals surface area contributed by atoms with Crippen LogP contribution in [-0.4, -0.2) is 38.1 Å². The second-order valence-corrected chi connectivity index (χ2v) is 7.80. The van der Waals surface area contributed by atoms with Crippen LogP contribution in [-0.2, 0) is 16.6 Å². The summed E-state index contributed by atoms with van der Waals surface area (Å²) < 4.78 is 26.1. The molecule has 4 nitrogen and oxygen atoms in total. The first-order chi connectivity index (χ1) is 9.49. The highest BCUT2D eigenvalue weighted by molar-refractivity contribution is 7.89. The zero-order valence-electron chi connectivity index (χ0n) is 11.7. The smallest absolute Gasteiger partial charge is 0.215 e. The minimum atomic E-state index is -3.26. The van der Waals surface area contributed by atoms with Gasteiger partial charge in [-0.25, -0.2) is 12.7 Å². The van der Waals surface area contributed by atoms with Gasteiger partial charge in [0.15, 0.2) is 0 Å². The molecule has 1 atom stereocenters. The Hall–Kier alpha value is -0.620. The predicted octanol–water partition coefficient (Wildman–Crippen LogP) is 2.24. The summed E-state index contributed by atoms with van der Waals surface area (Å²) in [5.74, 6) is 0.161. The van der Waals surface area contributed by atoms with Gasteiger partial charge in [-0.15, -0.1) is 0 Å². The Morgan fingerprint density at radius 2 is 2.10 bits per heavy atom. The van der Waals surface area contributed by atoms with Crippen molar-refractivity contribution in [3.8, 4) is 0 Å². The SMILES string of the molecule is CN(Cc1ccccc1Cl)S(=O)(=O)CC1CCCCN1. The van der Waals surface area contributed by atoms with Crippen LogP contribution in [0.15, 0.2) is 24.3 Å². The Morgan fingerprint density at radius 1 is 1.35 bits per heavy atom. The molecule has 1 N–H and O–H groups in total. The maximum Gasteiger partial charge on any atom is 0.215 e. The normalized spacial score (nSPS) is 20.2. The first-order valence-electron chi connectivity index (χ1n) is 6.90. The van der Waals surface area contributed by atoms with Crippen LogP contribution in [0, 0.1) is 0 Å². The van der Waals surface area contributed by atoms with Gasteiger partial charge in [-0.2, -0.15) is 0 Å². The van der Waals surface area contributed by atoms with Crippen LogP contribution in [0.5, 0.6) is 0 Å². The molecule has 1 aliphatic heterocycles. The van der Waals surface area contributed by atoms with Gasteiger partial charge in [0.2, 0.25) is 10.0 Å². The highest BCUT2D eigenvalue weighted by atomic mass is 35.5. The summed E-state index contributed by atoms with van der Waals surface area (Å²) in [6.07, 6.45) is 3.16. The lowest BCUT2D eigenvalue weighted by Crippen LogP contribution is -2.43. The van der Waals surface area contributed by atoms with E-state index in [4.69, 9.17) is 11.6 Å². The van der Waals surface area contributed by atoms with Crippen molar-refractivity contribution in [2.24, 2.45) is 0 Å². The van der Waals surface area contributed by atoms with E-state index in [0.29, 0.717) is 11.6 Å². The predicted molar refractivity (Wildman–Crippen MR) is 82.3 cm³/mol. The maximum absolute atomic E-state index is 12.4. The number of hydrogen-bond acceptors (Lipinski definition) is 3. The molecule has 1 aliphatic rings. The topological polar surface area (TPSA) is 49.4 Å². The van der Waals surface area contributed by atoms with E-state index in [1.165, 1.54) is 4.31 Å². The number of nitrogens with one attached hydrogen (secondary N) is 1. The second-order valence-electron chi connectivity index (χ2n) is 5.27. The van der Waals surface area contributed by atoms with E-state index in [0.717, 1.165) is 31.4 Å². The van der Waals surface area contributed by atoms with Gasteiger partial charge < -0.3 is 5.32 Å². The molecule has 0 aliphatic carbocycles. The van der Waals surface area contributed by atoms with E-state index in [1.54, 1.807) is 13.1 Å². The van der Waals surface area contributed by atoms with Crippen LogP contribution < -0.4 is 5.32 Å². The molecule has 1 heterocycles. The maximum atomic E-state index is 12.4. The summed E-state index contributed by atoms with van der Waals surface area (Å²) in [5, 5.41) is 3.88. The van der Waals surface area contributed by atoms with Crippen LogP contribution in [0.3, 0.4) is 0 Å². The zero-order valence-corrected chi connectivity index (χ0v) is 13.3. The first kappa shape index (κ1) is 15.8. The molecule has 0 saturated carbocycles. The van der Waals surface area contributed by atoms with Gasteiger partial charge in [0.1, 0.15) is 0 Å². The second kappa shape index (κ2) is 6.89. The fraction of sp³-hybridized carbons (Fsp3) is 0.571. The monoisotopic (exact) mass is 316 g/mol. The molecule has 1 unspecified atom stereocenters. The zero-order chi connectivity index (χ0) is 14.6. The molecule has 1 aromatic rings. The lowest BCUT2D eigenvalue weighted by molar-refractivity contribution is 0.408. The standard InChI is InChI=1S/C14H21ClN2O2S/c1-17(10-12-6-2-3-8-14(12)15)20(18,19)11-13-7-4-5-9-16-13/h2-3,6,8,13,16H,4-5,7,9-11H2,1H3. The van der Waals surface area contributed by atoms with E-state index in [-0.39, 0.29) is 11.8 Å². The summed E-state index contributed by atoms with van der Waals surface area (Å²) >= 11 is 6.08. The summed E-state index contributed by atoms with van der Waals surface area (Å²) in [6.45, 7) is 1.23. The molecule has 0 bridgehead atoms. The number of rotatable bonds is 5. The first-order valence-corrected chi connectivity index (χ1v) is 8.88. The van der Waals surface area contributed by atoms with Gasteiger partial charge in [-0.05, 0) is 31.0 Å². The third-order valence-electron chi connectivity index (χ3n) is 3.65. The van der Waals surface area contributed by atoms with E-state index in [2.05, 4.69) is 5.32 Å². The molecule has 20 heavy (non-hydrogen) atoms. The molecule has 0 aromatic heterocycles. The third-order valence-corrected chi connectivity index (χ3v) is 5.92. The van der Waals surface area contributed by atoms with Crippen molar-refractivity contribution in [3.05, 3.63) is 34.9 Å². The Labute approximate surface area is 126 Å². The number of nitrogens with zero attached hydrogens (tertiary/aromatic N) is 1. The van der Waals surface area contributed by atoms with Crippen molar-refractivity contribution in [2.45, 2.75) is 31.8 Å². The van der Waals surface area contributed by atoms with E-state index >= 15 is 0 Å². The van der Waals surface area contributed by atoms with Crippen molar-refractivity contribution in [2.75, 3.05) is 19.3 Å². The van der Waals surface area contributed by atoms with Gasteiger partial charge in [0.05, 0.1) is 5.75 Å². The largest absolute Gasteiger partial charge is 0.313 e. The Kier molecular flexibility index (Phi) is 5.43. The number of piperidine rings is 1. The van der Waals surface area contributed by atoms with Crippen molar-refractivity contribution in [3.63, 3.8) is 0 Å². The Bertz CT molecular complexity index is 542. The van der Waals surface area contributed by atoms with Crippen LogP contribution in [0.2, 0.25) is 5.02 Å². The van der Waals surface area contributed by atoms with Crippen LogP contribution in [0.4, 0.5) is 0 Å². The lowest BCUT2D eigenvalue weighted by atomic mass is 10.1. The number of hydrogen-bond donors (Lipinski definition) is 1. The molecule has 6 heteroatoms. The van der Waals surface area contributed by atoms with Crippen LogP contribution >= 0.6 is 11.6 Å². The summed E-state index contributed by atoms with van der Waals surface area (Å²) in [5.41, 5.74) is 0.830. The van der Waals surface area contributed by atoms with Crippen molar-refractivity contribution >= 4 is 21.6 Å². The molecule has 1 fully saturated rings. The quantitative estimate of drug-likeness (QED) is 0.906. The average Bonchev–Trinajstić information content (AvgIpc) is 2.42. The van der Waals surface area contributed by atoms with Crippen LogP contribution in [0.1, 0.15) is 24.8 Å². The molecule has 112 valence electrons. The van der Waals surface area contributed by atoms with Gasteiger partial charge in [-0.1, -0.05) is 36.2 Å². The van der Waals surface area contributed by atoms with Gasteiger partial charge in [-0.3, -0.25) is 0 Å². The third kappa shape index (κ3) is 4.19.